The van der Waals surface area contributed by atoms with E-state index in [1.165, 1.54) is 11.3 Å². The van der Waals surface area contributed by atoms with E-state index in [0.29, 0.717) is 13.2 Å². The molecule has 134 valence electrons. The molecular formula is C21H28N2O2. The predicted octanol–water partition coefficient (Wildman–Crippen LogP) is 2.87. The van der Waals surface area contributed by atoms with Crippen molar-refractivity contribution in [3.8, 4) is 5.75 Å². The third-order valence-electron chi connectivity index (χ3n) is 4.72. The number of aliphatic hydroxyl groups is 1. The second-order valence-electron chi connectivity index (χ2n) is 6.86. The average Bonchev–Trinajstić information content (AvgIpc) is 2.62. The van der Waals surface area contributed by atoms with E-state index >= 15 is 0 Å². The molecule has 1 N–H and O–H groups in total. The van der Waals surface area contributed by atoms with E-state index < -0.39 is 6.10 Å². The Hall–Kier alpha value is -2.04. The molecular weight excluding hydrogens is 312 g/mol. The number of benzene rings is 2. The molecule has 1 aliphatic rings. The summed E-state index contributed by atoms with van der Waals surface area (Å²) in [4.78, 5) is 4.71. The highest BCUT2D eigenvalue weighted by Crippen LogP contribution is 2.19. The Bertz CT molecular complexity index is 667. The number of hydrogen-bond acceptors (Lipinski definition) is 4. The Balaban J connectivity index is 1.42. The Morgan fingerprint density at radius 3 is 2.40 bits per heavy atom. The molecule has 2 aromatic carbocycles. The third-order valence-corrected chi connectivity index (χ3v) is 4.72. The number of aliphatic hydroxyl groups excluding tert-OH is 1. The fourth-order valence-corrected chi connectivity index (χ4v) is 3.33. The molecule has 1 atom stereocenters. The summed E-state index contributed by atoms with van der Waals surface area (Å²) in [6.45, 7) is 9.03. The quantitative estimate of drug-likeness (QED) is 0.877. The van der Waals surface area contributed by atoms with Gasteiger partial charge in [-0.3, -0.25) is 4.90 Å². The van der Waals surface area contributed by atoms with Crippen molar-refractivity contribution >= 4 is 5.69 Å². The summed E-state index contributed by atoms with van der Waals surface area (Å²) in [5, 5.41) is 10.3. The molecule has 4 heteroatoms. The first-order valence-electron chi connectivity index (χ1n) is 9.02. The molecule has 3 rings (SSSR count). The minimum Gasteiger partial charge on any atom is -0.491 e. The topological polar surface area (TPSA) is 35.9 Å². The highest BCUT2D eigenvalue weighted by molar-refractivity contribution is 5.46. The van der Waals surface area contributed by atoms with Crippen molar-refractivity contribution in [2.75, 3.05) is 44.2 Å². The summed E-state index contributed by atoms with van der Waals surface area (Å²) in [5.41, 5.74) is 3.62. The molecule has 1 unspecified atom stereocenters. The van der Waals surface area contributed by atoms with Gasteiger partial charge in [0, 0.05) is 38.4 Å². The van der Waals surface area contributed by atoms with Gasteiger partial charge >= 0.3 is 0 Å². The predicted molar refractivity (Wildman–Crippen MR) is 103 cm³/mol. The molecule has 0 bridgehead atoms. The summed E-state index contributed by atoms with van der Waals surface area (Å²) in [6, 6.07) is 16.6. The van der Waals surface area contributed by atoms with Crippen molar-refractivity contribution in [2.45, 2.75) is 20.0 Å². The minimum atomic E-state index is -0.469. The molecule has 0 aliphatic carbocycles. The van der Waals surface area contributed by atoms with Crippen LogP contribution in [0.1, 0.15) is 11.1 Å². The van der Waals surface area contributed by atoms with Crippen molar-refractivity contribution in [3.63, 3.8) is 0 Å². The zero-order valence-corrected chi connectivity index (χ0v) is 15.2. The molecule has 1 heterocycles. The Morgan fingerprint density at radius 2 is 1.72 bits per heavy atom. The van der Waals surface area contributed by atoms with Crippen LogP contribution in [0.25, 0.3) is 0 Å². The van der Waals surface area contributed by atoms with E-state index in [1.807, 2.05) is 25.1 Å². The third kappa shape index (κ3) is 4.97. The fraction of sp³-hybridized carbons (Fsp3) is 0.429. The van der Waals surface area contributed by atoms with Crippen LogP contribution in [0.3, 0.4) is 0 Å². The maximum atomic E-state index is 10.3. The molecule has 0 aromatic heterocycles. The highest BCUT2D eigenvalue weighted by Gasteiger charge is 2.19. The van der Waals surface area contributed by atoms with Gasteiger partial charge in [0.05, 0.1) is 0 Å². The molecule has 1 fully saturated rings. The van der Waals surface area contributed by atoms with Crippen molar-refractivity contribution < 1.29 is 9.84 Å². The van der Waals surface area contributed by atoms with Crippen LogP contribution < -0.4 is 9.64 Å². The van der Waals surface area contributed by atoms with Crippen molar-refractivity contribution in [2.24, 2.45) is 0 Å². The molecule has 0 radical (unpaired) electrons. The van der Waals surface area contributed by atoms with E-state index in [2.05, 4.69) is 47.1 Å². The smallest absolute Gasteiger partial charge is 0.122 e. The Labute approximate surface area is 150 Å². The maximum Gasteiger partial charge on any atom is 0.122 e. The van der Waals surface area contributed by atoms with E-state index in [0.717, 1.165) is 37.5 Å². The van der Waals surface area contributed by atoms with Gasteiger partial charge in [0.25, 0.3) is 0 Å². The molecule has 4 nitrogen and oxygen atoms in total. The van der Waals surface area contributed by atoms with Crippen LogP contribution in [-0.4, -0.2) is 55.4 Å². The summed E-state index contributed by atoms with van der Waals surface area (Å²) in [7, 11) is 0. The first-order chi connectivity index (χ1) is 12.1. The minimum absolute atomic E-state index is 0.336. The number of anilines is 1. The lowest BCUT2D eigenvalue weighted by molar-refractivity contribution is 0.0661. The number of ether oxygens (including phenoxy) is 1. The standard InChI is InChI=1S/C21H28N2O2/c1-17-8-9-21(18(2)14-17)25-16-20(24)15-22-10-12-23(13-11-22)19-6-4-3-5-7-19/h3-9,14,20,24H,10-13,15-16H2,1-2H3. The van der Waals surface area contributed by atoms with Gasteiger partial charge in [0.1, 0.15) is 18.5 Å². The van der Waals surface area contributed by atoms with E-state index in [1.54, 1.807) is 0 Å². The van der Waals surface area contributed by atoms with E-state index in [-0.39, 0.29) is 0 Å². The van der Waals surface area contributed by atoms with Crippen LogP contribution >= 0.6 is 0 Å². The van der Waals surface area contributed by atoms with Crippen LogP contribution in [0.2, 0.25) is 0 Å². The zero-order valence-electron chi connectivity index (χ0n) is 15.2. The van der Waals surface area contributed by atoms with Gasteiger partial charge in [0.2, 0.25) is 0 Å². The number of aryl methyl sites for hydroxylation is 2. The second-order valence-corrected chi connectivity index (χ2v) is 6.86. The average molecular weight is 340 g/mol. The van der Waals surface area contributed by atoms with Crippen LogP contribution in [0.5, 0.6) is 5.75 Å². The summed E-state index contributed by atoms with van der Waals surface area (Å²) in [6.07, 6.45) is -0.469. The van der Waals surface area contributed by atoms with E-state index in [4.69, 9.17) is 4.74 Å². The van der Waals surface area contributed by atoms with Crippen LogP contribution in [0.15, 0.2) is 48.5 Å². The molecule has 1 saturated heterocycles. The Kier molecular flexibility index (Phi) is 5.95. The SMILES string of the molecule is Cc1ccc(OCC(O)CN2CCN(c3ccccc3)CC2)c(C)c1. The number of rotatable bonds is 6. The molecule has 25 heavy (non-hydrogen) atoms. The van der Waals surface area contributed by atoms with Crippen molar-refractivity contribution in [1.29, 1.82) is 0 Å². The first-order valence-corrected chi connectivity index (χ1v) is 9.02. The lowest BCUT2D eigenvalue weighted by Gasteiger charge is -2.36. The fourth-order valence-electron chi connectivity index (χ4n) is 3.33. The van der Waals surface area contributed by atoms with Crippen molar-refractivity contribution in [1.82, 2.24) is 4.90 Å². The summed E-state index contributed by atoms with van der Waals surface area (Å²) < 4.78 is 5.80. The van der Waals surface area contributed by atoms with Crippen LogP contribution in [0.4, 0.5) is 5.69 Å². The highest BCUT2D eigenvalue weighted by atomic mass is 16.5. The molecule has 1 aliphatic heterocycles. The number of nitrogens with zero attached hydrogens (tertiary/aromatic N) is 2. The lowest BCUT2D eigenvalue weighted by atomic mass is 10.1. The normalized spacial score (nSPS) is 16.7. The monoisotopic (exact) mass is 340 g/mol. The van der Waals surface area contributed by atoms with Gasteiger partial charge < -0.3 is 14.7 Å². The summed E-state index contributed by atoms with van der Waals surface area (Å²) in [5.74, 6) is 0.860. The molecule has 2 aromatic rings. The number of hydrogen-bond donors (Lipinski definition) is 1. The number of para-hydroxylation sites is 1. The largest absolute Gasteiger partial charge is 0.491 e. The second kappa shape index (κ2) is 8.37. The number of piperazine rings is 1. The molecule has 0 amide bonds. The number of β-amino-alcohol motifs (C(OH)–C–C–N with tert-alkyl or cyclic N) is 1. The van der Waals surface area contributed by atoms with Gasteiger partial charge in [-0.2, -0.15) is 0 Å². The Morgan fingerprint density at radius 1 is 1.00 bits per heavy atom. The van der Waals surface area contributed by atoms with Crippen LogP contribution in [0, 0.1) is 13.8 Å². The van der Waals surface area contributed by atoms with Gasteiger partial charge in [-0.05, 0) is 37.6 Å². The van der Waals surface area contributed by atoms with Gasteiger partial charge in [0.15, 0.2) is 0 Å². The van der Waals surface area contributed by atoms with Gasteiger partial charge in [-0.1, -0.05) is 35.9 Å². The van der Waals surface area contributed by atoms with Crippen LogP contribution in [-0.2, 0) is 0 Å². The van der Waals surface area contributed by atoms with Crippen molar-refractivity contribution in [3.05, 3.63) is 59.7 Å². The van der Waals surface area contributed by atoms with E-state index in [9.17, 15) is 5.11 Å². The first kappa shape index (κ1) is 17.8. The van der Waals surface area contributed by atoms with Gasteiger partial charge in [-0.15, -0.1) is 0 Å². The molecule has 0 spiro atoms. The lowest BCUT2D eigenvalue weighted by Crippen LogP contribution is -2.49. The molecule has 0 saturated carbocycles. The maximum absolute atomic E-state index is 10.3. The zero-order chi connectivity index (χ0) is 17.6. The van der Waals surface area contributed by atoms with Gasteiger partial charge in [-0.25, -0.2) is 0 Å². The summed E-state index contributed by atoms with van der Waals surface area (Å²) >= 11 is 0.